The lowest BCUT2D eigenvalue weighted by molar-refractivity contribution is -0.116. The molecule has 1 aromatic carbocycles. The Morgan fingerprint density at radius 1 is 1.19 bits per heavy atom. The van der Waals surface area contributed by atoms with E-state index in [1.807, 2.05) is 19.9 Å². The van der Waals surface area contributed by atoms with Crippen molar-refractivity contribution in [1.29, 1.82) is 0 Å². The van der Waals surface area contributed by atoms with Gasteiger partial charge in [-0.1, -0.05) is 12.1 Å². The Balaban J connectivity index is 1.72. The fourth-order valence-corrected chi connectivity index (χ4v) is 2.96. The third-order valence-electron chi connectivity index (χ3n) is 4.16. The van der Waals surface area contributed by atoms with Crippen LogP contribution in [0.4, 0.5) is 10.3 Å². The molecule has 3 rings (SSSR count). The number of hydrogen-bond donors (Lipinski definition) is 2. The van der Waals surface area contributed by atoms with Crippen LogP contribution in [-0.2, 0) is 4.79 Å². The number of allylic oxidation sites excluding steroid dienone is 2. The summed E-state index contributed by atoms with van der Waals surface area (Å²) in [6, 6.07) is 7.82. The zero-order valence-corrected chi connectivity index (χ0v) is 14.5. The van der Waals surface area contributed by atoms with Crippen molar-refractivity contribution in [3.05, 3.63) is 64.4 Å². The van der Waals surface area contributed by atoms with Crippen molar-refractivity contribution in [3.63, 3.8) is 0 Å². The minimum absolute atomic E-state index is 0.0255. The fourth-order valence-electron chi connectivity index (χ4n) is 2.96. The number of hydrogen-bond acceptors (Lipinski definition) is 6. The van der Waals surface area contributed by atoms with Gasteiger partial charge in [0, 0.05) is 24.2 Å². The van der Waals surface area contributed by atoms with Crippen LogP contribution in [0.2, 0.25) is 0 Å². The molecule has 7 heteroatoms. The fraction of sp³-hybridized carbons (Fsp3) is 0.263. The Morgan fingerprint density at radius 3 is 2.46 bits per heavy atom. The summed E-state index contributed by atoms with van der Waals surface area (Å²) in [6.07, 6.45) is 1.83. The zero-order valence-electron chi connectivity index (χ0n) is 14.5. The van der Waals surface area contributed by atoms with Crippen molar-refractivity contribution in [3.8, 4) is 0 Å². The zero-order chi connectivity index (χ0) is 18.7. The van der Waals surface area contributed by atoms with E-state index in [0.29, 0.717) is 12.4 Å². The van der Waals surface area contributed by atoms with Gasteiger partial charge in [0.15, 0.2) is 5.78 Å². The van der Waals surface area contributed by atoms with Gasteiger partial charge in [-0.25, -0.2) is 19.8 Å². The minimum Gasteiger partial charge on any atom is -0.511 e. The number of carbonyl (C=O) groups excluding carboxylic acids is 1. The van der Waals surface area contributed by atoms with Gasteiger partial charge in [0.2, 0.25) is 5.95 Å². The highest BCUT2D eigenvalue weighted by atomic mass is 19.1. The summed E-state index contributed by atoms with van der Waals surface area (Å²) >= 11 is 0. The van der Waals surface area contributed by atoms with Gasteiger partial charge in [-0.15, -0.1) is 0 Å². The summed E-state index contributed by atoms with van der Waals surface area (Å²) in [6.45, 7) is 3.69. The van der Waals surface area contributed by atoms with Gasteiger partial charge in [0.1, 0.15) is 11.6 Å². The molecule has 1 heterocycles. The SMILES string of the molecule is Cc1cc(C)nc(N/N=C\C2=C(O)C[C@H](c3ccc(F)cc3)CC2=O)n1. The first-order chi connectivity index (χ1) is 12.4. The number of rotatable bonds is 4. The van der Waals surface area contributed by atoms with Crippen LogP contribution in [0.15, 0.2) is 46.8 Å². The number of ketones is 1. The van der Waals surface area contributed by atoms with Gasteiger partial charge in [-0.3, -0.25) is 4.79 Å². The van der Waals surface area contributed by atoms with Gasteiger partial charge in [0.05, 0.1) is 11.8 Å². The number of benzene rings is 1. The number of nitrogens with one attached hydrogen (secondary N) is 1. The maximum absolute atomic E-state index is 13.0. The number of Topliss-reactive ketones (excluding diaryl/α,β-unsaturated/α-hetero) is 1. The summed E-state index contributed by atoms with van der Waals surface area (Å²) < 4.78 is 13.0. The van der Waals surface area contributed by atoms with Crippen LogP contribution in [0.5, 0.6) is 0 Å². The lowest BCUT2D eigenvalue weighted by atomic mass is 9.83. The molecule has 0 unspecified atom stereocenters. The molecule has 0 bridgehead atoms. The number of anilines is 1. The Morgan fingerprint density at radius 2 is 1.85 bits per heavy atom. The number of carbonyl (C=O) groups is 1. The molecule has 6 nitrogen and oxygen atoms in total. The maximum atomic E-state index is 13.0. The summed E-state index contributed by atoms with van der Waals surface area (Å²) in [5.41, 5.74) is 5.26. The molecule has 0 saturated carbocycles. The molecular formula is C19H19FN4O2. The van der Waals surface area contributed by atoms with Crippen molar-refractivity contribution >= 4 is 17.9 Å². The number of halogens is 1. The maximum Gasteiger partial charge on any atom is 0.243 e. The lowest BCUT2D eigenvalue weighted by Gasteiger charge is -2.22. The second-order valence-corrected chi connectivity index (χ2v) is 6.28. The Bertz CT molecular complexity index is 871. The highest BCUT2D eigenvalue weighted by molar-refractivity contribution is 6.14. The third kappa shape index (κ3) is 4.11. The Kier molecular flexibility index (Phi) is 5.06. The van der Waals surface area contributed by atoms with Crippen LogP contribution >= 0.6 is 0 Å². The number of hydrazone groups is 1. The van der Waals surface area contributed by atoms with Crippen molar-refractivity contribution in [2.75, 3.05) is 5.43 Å². The molecule has 0 amide bonds. The topological polar surface area (TPSA) is 87.5 Å². The van der Waals surface area contributed by atoms with Crippen LogP contribution in [0.25, 0.3) is 0 Å². The molecule has 0 saturated heterocycles. The smallest absolute Gasteiger partial charge is 0.243 e. The highest BCUT2D eigenvalue weighted by Crippen LogP contribution is 2.33. The molecule has 26 heavy (non-hydrogen) atoms. The number of aliphatic hydroxyl groups excluding tert-OH is 1. The van der Waals surface area contributed by atoms with Crippen LogP contribution in [0, 0.1) is 19.7 Å². The number of nitrogens with zero attached hydrogens (tertiary/aromatic N) is 3. The van der Waals surface area contributed by atoms with E-state index >= 15 is 0 Å². The Hall–Kier alpha value is -3.09. The lowest BCUT2D eigenvalue weighted by Crippen LogP contribution is -2.19. The average molecular weight is 354 g/mol. The molecule has 0 aliphatic heterocycles. The van der Waals surface area contributed by atoms with Gasteiger partial charge in [0.25, 0.3) is 0 Å². The predicted octanol–water partition coefficient (Wildman–Crippen LogP) is 3.59. The molecule has 1 aliphatic rings. The van der Waals surface area contributed by atoms with Gasteiger partial charge in [-0.05, 0) is 43.5 Å². The summed E-state index contributed by atoms with van der Waals surface area (Å²) in [7, 11) is 0. The van der Waals surface area contributed by atoms with Crippen molar-refractivity contribution < 1.29 is 14.3 Å². The number of aromatic nitrogens is 2. The van der Waals surface area contributed by atoms with Crippen molar-refractivity contribution in [1.82, 2.24) is 9.97 Å². The monoisotopic (exact) mass is 354 g/mol. The second-order valence-electron chi connectivity index (χ2n) is 6.28. The molecule has 0 fully saturated rings. The quantitative estimate of drug-likeness (QED) is 0.647. The van der Waals surface area contributed by atoms with Crippen molar-refractivity contribution in [2.45, 2.75) is 32.6 Å². The summed E-state index contributed by atoms with van der Waals surface area (Å²) in [4.78, 5) is 20.7. The molecular weight excluding hydrogens is 335 g/mol. The van der Waals surface area contributed by atoms with E-state index in [4.69, 9.17) is 0 Å². The molecule has 2 aromatic rings. The molecule has 134 valence electrons. The minimum atomic E-state index is -0.330. The number of aliphatic hydroxyl groups is 1. The third-order valence-corrected chi connectivity index (χ3v) is 4.16. The van der Waals surface area contributed by atoms with Crippen molar-refractivity contribution in [2.24, 2.45) is 5.10 Å². The van der Waals surface area contributed by atoms with E-state index in [2.05, 4.69) is 20.5 Å². The Labute approximate surface area is 150 Å². The molecule has 2 N–H and O–H groups in total. The van der Waals surface area contributed by atoms with E-state index in [0.717, 1.165) is 17.0 Å². The normalized spacial score (nSPS) is 17.8. The standard InChI is InChI=1S/C19H19FN4O2/c1-11-7-12(2)23-19(22-11)24-21-10-16-17(25)8-14(9-18(16)26)13-3-5-15(20)6-4-13/h3-7,10,14,25H,8-9H2,1-2H3,(H,22,23,24)/b21-10-/t14-/m0/s1. The molecule has 1 aromatic heterocycles. The van der Waals surface area contributed by atoms with Gasteiger partial charge >= 0.3 is 0 Å². The predicted molar refractivity (Wildman–Crippen MR) is 96.7 cm³/mol. The van der Waals surface area contributed by atoms with Crippen LogP contribution in [-0.4, -0.2) is 27.1 Å². The largest absolute Gasteiger partial charge is 0.511 e. The van der Waals surface area contributed by atoms with Gasteiger partial charge in [-0.2, -0.15) is 5.10 Å². The van der Waals surface area contributed by atoms with E-state index < -0.39 is 0 Å². The molecule has 1 atom stereocenters. The van der Waals surface area contributed by atoms with E-state index in [9.17, 15) is 14.3 Å². The van der Waals surface area contributed by atoms with Gasteiger partial charge < -0.3 is 5.11 Å². The van der Waals surface area contributed by atoms with Crippen LogP contribution in [0.1, 0.15) is 35.7 Å². The molecule has 0 radical (unpaired) electrons. The first-order valence-corrected chi connectivity index (χ1v) is 8.24. The average Bonchev–Trinajstić information content (AvgIpc) is 2.57. The summed E-state index contributed by atoms with van der Waals surface area (Å²) in [5, 5.41) is 14.2. The van der Waals surface area contributed by atoms with Crippen LogP contribution in [0.3, 0.4) is 0 Å². The first kappa shape index (κ1) is 17.7. The summed E-state index contributed by atoms with van der Waals surface area (Å²) in [5.74, 6) is -0.414. The number of aryl methyl sites for hydroxylation is 2. The first-order valence-electron chi connectivity index (χ1n) is 8.24. The molecule has 1 aliphatic carbocycles. The van der Waals surface area contributed by atoms with E-state index in [1.165, 1.54) is 18.3 Å². The van der Waals surface area contributed by atoms with E-state index in [-0.39, 0.29) is 35.3 Å². The second kappa shape index (κ2) is 7.43. The highest BCUT2D eigenvalue weighted by Gasteiger charge is 2.27. The van der Waals surface area contributed by atoms with Crippen LogP contribution < -0.4 is 5.43 Å². The molecule has 0 spiro atoms. The van der Waals surface area contributed by atoms with E-state index in [1.54, 1.807) is 12.1 Å².